The standard InChI is InChI=1S/C15H17N3O3/c1-21-15(20)13-7-6-11(18-13)9-17-12-5-3-2-4-10(12)8-14(16)19/h2-7,17-18H,8-9H2,1H3,(H2,16,19). The fourth-order valence-electron chi connectivity index (χ4n) is 2.00. The van der Waals surface area contributed by atoms with E-state index in [2.05, 4.69) is 15.0 Å². The number of aromatic amines is 1. The third-order valence-corrected chi connectivity index (χ3v) is 3.00. The van der Waals surface area contributed by atoms with Crippen molar-refractivity contribution in [1.29, 1.82) is 0 Å². The molecule has 0 saturated carbocycles. The first kappa shape index (κ1) is 14.6. The smallest absolute Gasteiger partial charge is 0.354 e. The zero-order valence-corrected chi connectivity index (χ0v) is 11.7. The molecular formula is C15H17N3O3. The molecule has 1 aromatic heterocycles. The number of amides is 1. The van der Waals surface area contributed by atoms with E-state index in [1.165, 1.54) is 7.11 Å². The van der Waals surface area contributed by atoms with E-state index in [-0.39, 0.29) is 12.3 Å². The van der Waals surface area contributed by atoms with Crippen LogP contribution in [-0.2, 0) is 22.5 Å². The first-order valence-electron chi connectivity index (χ1n) is 6.46. The monoisotopic (exact) mass is 287 g/mol. The molecule has 1 heterocycles. The van der Waals surface area contributed by atoms with Crippen molar-refractivity contribution in [3.05, 3.63) is 53.3 Å². The molecule has 2 rings (SSSR count). The van der Waals surface area contributed by atoms with Gasteiger partial charge >= 0.3 is 5.97 Å². The van der Waals surface area contributed by atoms with Gasteiger partial charge in [0.1, 0.15) is 5.69 Å². The van der Waals surface area contributed by atoms with Gasteiger partial charge in [0.2, 0.25) is 5.91 Å². The molecule has 0 spiro atoms. The topological polar surface area (TPSA) is 97.2 Å². The lowest BCUT2D eigenvalue weighted by Gasteiger charge is -2.10. The largest absolute Gasteiger partial charge is 0.464 e. The summed E-state index contributed by atoms with van der Waals surface area (Å²) in [7, 11) is 1.33. The molecule has 21 heavy (non-hydrogen) atoms. The summed E-state index contributed by atoms with van der Waals surface area (Å²) in [6.07, 6.45) is 0.182. The van der Waals surface area contributed by atoms with Crippen LogP contribution in [0.3, 0.4) is 0 Å². The maximum Gasteiger partial charge on any atom is 0.354 e. The molecule has 0 bridgehead atoms. The zero-order chi connectivity index (χ0) is 15.2. The van der Waals surface area contributed by atoms with Crippen molar-refractivity contribution in [2.24, 2.45) is 5.73 Å². The minimum absolute atomic E-state index is 0.182. The van der Waals surface area contributed by atoms with Crippen molar-refractivity contribution in [2.45, 2.75) is 13.0 Å². The lowest BCUT2D eigenvalue weighted by molar-refractivity contribution is -0.117. The van der Waals surface area contributed by atoms with Crippen LogP contribution in [0.2, 0.25) is 0 Å². The Morgan fingerprint density at radius 1 is 1.24 bits per heavy atom. The number of carbonyl (C=O) groups is 2. The summed E-state index contributed by atoms with van der Waals surface area (Å²) in [4.78, 5) is 25.4. The zero-order valence-electron chi connectivity index (χ0n) is 11.7. The number of hydrogen-bond acceptors (Lipinski definition) is 4. The van der Waals surface area contributed by atoms with Crippen LogP contribution < -0.4 is 11.1 Å². The summed E-state index contributed by atoms with van der Waals surface area (Å²) >= 11 is 0. The Hall–Kier alpha value is -2.76. The number of hydrogen-bond donors (Lipinski definition) is 3. The van der Waals surface area contributed by atoms with E-state index in [4.69, 9.17) is 5.73 Å². The van der Waals surface area contributed by atoms with E-state index in [1.807, 2.05) is 24.3 Å². The average Bonchev–Trinajstić information content (AvgIpc) is 2.94. The average molecular weight is 287 g/mol. The van der Waals surface area contributed by atoms with E-state index < -0.39 is 5.97 Å². The van der Waals surface area contributed by atoms with Crippen LogP contribution in [0, 0.1) is 0 Å². The van der Waals surface area contributed by atoms with E-state index in [9.17, 15) is 9.59 Å². The van der Waals surface area contributed by atoms with Crippen molar-refractivity contribution in [3.8, 4) is 0 Å². The summed E-state index contributed by atoms with van der Waals surface area (Å²) < 4.78 is 4.63. The fraction of sp³-hybridized carbons (Fsp3) is 0.200. The second-order valence-electron chi connectivity index (χ2n) is 4.54. The van der Waals surface area contributed by atoms with Gasteiger partial charge in [-0.3, -0.25) is 4.79 Å². The number of nitrogens with two attached hydrogens (primary N) is 1. The third kappa shape index (κ3) is 3.85. The Morgan fingerprint density at radius 2 is 2.00 bits per heavy atom. The van der Waals surface area contributed by atoms with Gasteiger partial charge in [0.15, 0.2) is 0 Å². The Labute approximate surface area is 122 Å². The van der Waals surface area contributed by atoms with Crippen molar-refractivity contribution >= 4 is 17.6 Å². The summed E-state index contributed by atoms with van der Waals surface area (Å²) in [6, 6.07) is 10.9. The van der Waals surface area contributed by atoms with E-state index in [1.54, 1.807) is 12.1 Å². The van der Waals surface area contributed by atoms with Crippen LogP contribution in [0.25, 0.3) is 0 Å². The quantitative estimate of drug-likeness (QED) is 0.700. The molecular weight excluding hydrogens is 270 g/mol. The molecule has 0 unspecified atom stereocenters. The Kier molecular flexibility index (Phi) is 4.61. The second-order valence-corrected chi connectivity index (χ2v) is 4.54. The molecule has 4 N–H and O–H groups in total. The minimum Gasteiger partial charge on any atom is -0.464 e. The summed E-state index contributed by atoms with van der Waals surface area (Å²) in [5, 5.41) is 3.21. The number of para-hydroxylation sites is 1. The minimum atomic E-state index is -0.407. The van der Waals surface area contributed by atoms with Gasteiger partial charge in [-0.2, -0.15) is 0 Å². The molecule has 110 valence electrons. The SMILES string of the molecule is COC(=O)c1ccc(CNc2ccccc2CC(N)=O)[nH]1. The van der Waals surface area contributed by atoms with Crippen LogP contribution in [0.1, 0.15) is 21.7 Å². The fourth-order valence-corrected chi connectivity index (χ4v) is 2.00. The molecule has 1 aromatic carbocycles. The number of ether oxygens (including phenoxy) is 1. The normalized spacial score (nSPS) is 10.1. The number of anilines is 1. The van der Waals surface area contributed by atoms with Crippen LogP contribution in [-0.4, -0.2) is 24.0 Å². The number of nitrogens with one attached hydrogen (secondary N) is 2. The molecule has 6 heteroatoms. The molecule has 2 aromatic rings. The molecule has 1 amide bonds. The number of carbonyl (C=O) groups excluding carboxylic acids is 2. The number of rotatable bonds is 6. The van der Waals surface area contributed by atoms with Crippen LogP contribution >= 0.6 is 0 Å². The number of benzene rings is 1. The number of aromatic nitrogens is 1. The van der Waals surface area contributed by atoms with E-state index in [0.717, 1.165) is 16.9 Å². The summed E-state index contributed by atoms with van der Waals surface area (Å²) in [6.45, 7) is 0.493. The van der Waals surface area contributed by atoms with Crippen LogP contribution in [0.5, 0.6) is 0 Å². The lowest BCUT2D eigenvalue weighted by atomic mass is 10.1. The number of methoxy groups -OCH3 is 1. The molecule has 0 atom stereocenters. The lowest BCUT2D eigenvalue weighted by Crippen LogP contribution is -2.15. The first-order chi connectivity index (χ1) is 10.1. The van der Waals surface area contributed by atoms with Crippen LogP contribution in [0.4, 0.5) is 5.69 Å². The van der Waals surface area contributed by atoms with E-state index >= 15 is 0 Å². The van der Waals surface area contributed by atoms with Gasteiger partial charge in [0.25, 0.3) is 0 Å². The highest BCUT2D eigenvalue weighted by molar-refractivity contribution is 5.87. The summed E-state index contributed by atoms with van der Waals surface area (Å²) in [5.74, 6) is -0.785. The van der Waals surface area contributed by atoms with Crippen molar-refractivity contribution in [1.82, 2.24) is 4.98 Å². The maximum absolute atomic E-state index is 11.4. The molecule has 0 radical (unpaired) electrons. The van der Waals surface area contributed by atoms with E-state index in [0.29, 0.717) is 12.2 Å². The van der Waals surface area contributed by atoms with Gasteiger partial charge in [-0.1, -0.05) is 18.2 Å². The van der Waals surface area contributed by atoms with Crippen molar-refractivity contribution < 1.29 is 14.3 Å². The molecule has 0 aliphatic rings. The predicted molar refractivity (Wildman–Crippen MR) is 78.8 cm³/mol. The molecule has 0 aliphatic heterocycles. The molecule has 0 fully saturated rings. The predicted octanol–water partition coefficient (Wildman–Crippen LogP) is 1.44. The highest BCUT2D eigenvalue weighted by Crippen LogP contribution is 2.16. The third-order valence-electron chi connectivity index (χ3n) is 3.00. The molecule has 0 saturated heterocycles. The molecule has 6 nitrogen and oxygen atoms in total. The Balaban J connectivity index is 2.04. The van der Waals surface area contributed by atoms with Gasteiger partial charge in [-0.25, -0.2) is 4.79 Å². The van der Waals surface area contributed by atoms with Gasteiger partial charge in [-0.05, 0) is 23.8 Å². The Morgan fingerprint density at radius 3 is 2.71 bits per heavy atom. The van der Waals surface area contributed by atoms with Gasteiger partial charge in [0.05, 0.1) is 20.1 Å². The van der Waals surface area contributed by atoms with Gasteiger partial charge < -0.3 is 20.8 Å². The van der Waals surface area contributed by atoms with Gasteiger partial charge in [-0.15, -0.1) is 0 Å². The number of esters is 1. The maximum atomic E-state index is 11.4. The van der Waals surface area contributed by atoms with Crippen LogP contribution in [0.15, 0.2) is 36.4 Å². The highest BCUT2D eigenvalue weighted by atomic mass is 16.5. The Bertz CT molecular complexity index is 649. The van der Waals surface area contributed by atoms with Gasteiger partial charge in [0, 0.05) is 11.4 Å². The number of primary amides is 1. The van der Waals surface area contributed by atoms with Crippen molar-refractivity contribution in [3.63, 3.8) is 0 Å². The van der Waals surface area contributed by atoms with Crippen molar-refractivity contribution in [2.75, 3.05) is 12.4 Å². The first-order valence-corrected chi connectivity index (χ1v) is 6.46. The highest BCUT2D eigenvalue weighted by Gasteiger charge is 2.09. The second kappa shape index (κ2) is 6.60. The molecule has 0 aliphatic carbocycles. The summed E-state index contributed by atoms with van der Waals surface area (Å²) in [5.41, 5.74) is 8.14. The number of H-pyrrole nitrogens is 1.